The normalized spacial score (nSPS) is 17.9. The van der Waals surface area contributed by atoms with Gasteiger partial charge in [-0.05, 0) is 71.7 Å². The maximum atomic E-state index is 11.3. The number of aromatic amines is 2. The Morgan fingerprint density at radius 3 is 3.00 bits per heavy atom. The van der Waals surface area contributed by atoms with Crippen LogP contribution in [0.1, 0.15) is 29.3 Å². The van der Waals surface area contributed by atoms with Gasteiger partial charge < -0.3 is 15.3 Å². The Balaban J connectivity index is 1.67. The van der Waals surface area contributed by atoms with E-state index in [1.807, 2.05) is 29.5 Å². The van der Waals surface area contributed by atoms with Crippen LogP contribution >= 0.6 is 33.9 Å². The van der Waals surface area contributed by atoms with Crippen LogP contribution in [0.4, 0.5) is 5.69 Å². The topological polar surface area (TPSA) is 60.7 Å². The van der Waals surface area contributed by atoms with Crippen LogP contribution in [0.3, 0.4) is 0 Å². The fraction of sp³-hybridized carbons (Fsp3) is 0.267. The highest BCUT2D eigenvalue weighted by molar-refractivity contribution is 14.1. The lowest BCUT2D eigenvalue weighted by molar-refractivity contribution is 0.609. The SMILES string of the molecule is O=c1[nH]c2ccc(NC3CCCc4sc(I)cc43)cc2[nH]1. The van der Waals surface area contributed by atoms with E-state index in [0.29, 0.717) is 6.04 Å². The van der Waals surface area contributed by atoms with Gasteiger partial charge in [0.1, 0.15) is 0 Å². The monoisotopic (exact) mass is 411 g/mol. The number of hydrogen-bond acceptors (Lipinski definition) is 3. The third kappa shape index (κ3) is 2.50. The molecule has 1 aliphatic rings. The molecular formula is C15H14IN3OS. The second kappa shape index (κ2) is 5.17. The van der Waals surface area contributed by atoms with Crippen LogP contribution in [0.5, 0.6) is 0 Å². The Bertz CT molecular complexity index is 863. The Hall–Kier alpha value is -1.28. The summed E-state index contributed by atoms with van der Waals surface area (Å²) < 4.78 is 1.36. The lowest BCUT2D eigenvalue weighted by Gasteiger charge is -2.24. The molecule has 0 saturated carbocycles. The fourth-order valence-electron chi connectivity index (χ4n) is 2.99. The van der Waals surface area contributed by atoms with Crippen molar-refractivity contribution >= 4 is 50.6 Å². The Kier molecular flexibility index (Phi) is 3.30. The van der Waals surface area contributed by atoms with Gasteiger partial charge in [0.05, 0.1) is 20.0 Å². The van der Waals surface area contributed by atoms with Crippen LogP contribution in [0.25, 0.3) is 11.0 Å². The largest absolute Gasteiger partial charge is 0.378 e. The van der Waals surface area contributed by atoms with Crippen molar-refractivity contribution in [2.75, 3.05) is 5.32 Å². The summed E-state index contributed by atoms with van der Waals surface area (Å²) in [7, 11) is 0. The number of rotatable bonds is 2. The first-order valence-corrected chi connectivity index (χ1v) is 8.85. The zero-order chi connectivity index (χ0) is 14.4. The number of nitrogens with one attached hydrogen (secondary N) is 3. The predicted molar refractivity (Wildman–Crippen MR) is 95.3 cm³/mol. The van der Waals surface area contributed by atoms with Gasteiger partial charge in [0, 0.05) is 10.6 Å². The van der Waals surface area contributed by atoms with E-state index in [4.69, 9.17) is 0 Å². The molecule has 0 amide bonds. The van der Waals surface area contributed by atoms with Gasteiger partial charge in [0.15, 0.2) is 0 Å². The zero-order valence-corrected chi connectivity index (χ0v) is 14.2. The minimum absolute atomic E-state index is 0.158. The van der Waals surface area contributed by atoms with E-state index >= 15 is 0 Å². The van der Waals surface area contributed by atoms with E-state index in [1.165, 1.54) is 26.2 Å². The number of thiophene rings is 1. The Morgan fingerprint density at radius 1 is 1.24 bits per heavy atom. The number of benzene rings is 1. The maximum absolute atomic E-state index is 11.3. The van der Waals surface area contributed by atoms with Crippen molar-refractivity contribution in [3.8, 4) is 0 Å². The molecule has 1 aromatic carbocycles. The van der Waals surface area contributed by atoms with Crippen LogP contribution in [0, 0.1) is 2.88 Å². The van der Waals surface area contributed by atoms with Gasteiger partial charge in [0.25, 0.3) is 0 Å². The molecule has 0 spiro atoms. The van der Waals surface area contributed by atoms with E-state index in [9.17, 15) is 4.79 Å². The molecule has 0 fully saturated rings. The quantitative estimate of drug-likeness (QED) is 0.558. The van der Waals surface area contributed by atoms with Crippen LogP contribution < -0.4 is 11.0 Å². The van der Waals surface area contributed by atoms with Crippen LogP contribution in [0.2, 0.25) is 0 Å². The highest BCUT2D eigenvalue weighted by Crippen LogP contribution is 2.38. The molecule has 108 valence electrons. The van der Waals surface area contributed by atoms with Crippen molar-refractivity contribution in [2.24, 2.45) is 0 Å². The van der Waals surface area contributed by atoms with Crippen molar-refractivity contribution in [3.63, 3.8) is 0 Å². The molecule has 0 saturated heterocycles. The number of fused-ring (bicyclic) bond motifs is 2. The standard InChI is InChI=1S/C15H14IN3OS/c16-14-7-9-10(2-1-3-13(9)21-14)17-8-4-5-11-12(6-8)19-15(20)18-11/h4-7,10,17H,1-3H2,(H2,18,19,20). The number of aryl methyl sites for hydroxylation is 1. The first-order valence-electron chi connectivity index (χ1n) is 6.96. The molecule has 1 aliphatic carbocycles. The molecular weight excluding hydrogens is 397 g/mol. The van der Waals surface area contributed by atoms with Gasteiger partial charge in [-0.25, -0.2) is 4.79 Å². The third-order valence-electron chi connectivity index (χ3n) is 3.94. The molecule has 3 N–H and O–H groups in total. The third-order valence-corrected chi connectivity index (χ3v) is 5.91. The van der Waals surface area contributed by atoms with Crippen LogP contribution in [0.15, 0.2) is 29.1 Å². The lowest BCUT2D eigenvalue weighted by atomic mass is 9.94. The van der Waals surface area contributed by atoms with Crippen molar-refractivity contribution in [2.45, 2.75) is 25.3 Å². The number of anilines is 1. The summed E-state index contributed by atoms with van der Waals surface area (Å²) in [5.74, 6) is 0. The highest BCUT2D eigenvalue weighted by Gasteiger charge is 2.22. The van der Waals surface area contributed by atoms with E-state index in [2.05, 4.69) is 43.9 Å². The summed E-state index contributed by atoms with van der Waals surface area (Å²) in [4.78, 5) is 18.4. The number of imidazole rings is 1. The minimum atomic E-state index is -0.158. The summed E-state index contributed by atoms with van der Waals surface area (Å²) in [5.41, 5.74) is 4.03. The lowest BCUT2D eigenvalue weighted by Crippen LogP contribution is -2.15. The van der Waals surface area contributed by atoms with Gasteiger partial charge in [0.2, 0.25) is 0 Å². The number of hydrogen-bond donors (Lipinski definition) is 3. The molecule has 6 heteroatoms. The molecule has 2 aromatic heterocycles. The summed E-state index contributed by atoms with van der Waals surface area (Å²) in [6.07, 6.45) is 3.58. The molecule has 1 atom stereocenters. The van der Waals surface area contributed by atoms with Crippen LogP contribution in [-0.2, 0) is 6.42 Å². The molecule has 4 nitrogen and oxygen atoms in total. The molecule has 0 bridgehead atoms. The summed E-state index contributed by atoms with van der Waals surface area (Å²) in [6.45, 7) is 0. The second-order valence-corrected chi connectivity index (χ2v) is 8.39. The Labute approximate surface area is 139 Å². The molecule has 0 radical (unpaired) electrons. The van der Waals surface area contributed by atoms with Gasteiger partial charge in [-0.15, -0.1) is 11.3 Å². The average Bonchev–Trinajstić information content (AvgIpc) is 2.99. The summed E-state index contributed by atoms with van der Waals surface area (Å²) in [5, 5.41) is 3.62. The fourth-order valence-corrected chi connectivity index (χ4v) is 5.11. The zero-order valence-electron chi connectivity index (χ0n) is 11.2. The number of aromatic nitrogens is 2. The average molecular weight is 411 g/mol. The molecule has 2 heterocycles. The summed E-state index contributed by atoms with van der Waals surface area (Å²) >= 11 is 4.31. The Morgan fingerprint density at radius 2 is 2.10 bits per heavy atom. The van der Waals surface area contributed by atoms with Crippen molar-refractivity contribution < 1.29 is 0 Å². The van der Waals surface area contributed by atoms with Crippen molar-refractivity contribution in [3.05, 3.63) is 48.1 Å². The number of H-pyrrole nitrogens is 2. The molecule has 4 rings (SSSR count). The van der Waals surface area contributed by atoms with Crippen molar-refractivity contribution in [1.82, 2.24) is 9.97 Å². The molecule has 0 aliphatic heterocycles. The van der Waals surface area contributed by atoms with E-state index in [1.54, 1.807) is 0 Å². The predicted octanol–water partition coefficient (Wildman–Crippen LogP) is 4.01. The number of halogens is 1. The highest BCUT2D eigenvalue weighted by atomic mass is 127. The van der Waals surface area contributed by atoms with Crippen molar-refractivity contribution in [1.29, 1.82) is 0 Å². The van der Waals surface area contributed by atoms with Crippen LogP contribution in [-0.4, -0.2) is 9.97 Å². The first kappa shape index (κ1) is 13.4. The van der Waals surface area contributed by atoms with Gasteiger partial charge in [-0.1, -0.05) is 0 Å². The van der Waals surface area contributed by atoms with E-state index in [-0.39, 0.29) is 5.69 Å². The smallest absolute Gasteiger partial charge is 0.323 e. The molecule has 21 heavy (non-hydrogen) atoms. The van der Waals surface area contributed by atoms with Gasteiger partial charge in [-0.2, -0.15) is 0 Å². The molecule has 1 unspecified atom stereocenters. The second-order valence-electron chi connectivity index (χ2n) is 5.36. The van der Waals surface area contributed by atoms with E-state index < -0.39 is 0 Å². The van der Waals surface area contributed by atoms with Gasteiger partial charge >= 0.3 is 5.69 Å². The summed E-state index contributed by atoms with van der Waals surface area (Å²) in [6, 6.07) is 8.64. The van der Waals surface area contributed by atoms with Gasteiger partial charge in [-0.3, -0.25) is 0 Å². The molecule has 3 aromatic rings. The van der Waals surface area contributed by atoms with E-state index in [0.717, 1.165) is 23.1 Å². The maximum Gasteiger partial charge on any atom is 0.323 e. The minimum Gasteiger partial charge on any atom is -0.378 e. The first-order chi connectivity index (χ1) is 10.2.